The lowest BCUT2D eigenvalue weighted by atomic mass is 9.89. The molecule has 0 fully saturated rings. The first kappa shape index (κ1) is 16.6. The third kappa shape index (κ3) is 3.05. The number of fused-ring (bicyclic) bond motifs is 1. The minimum Gasteiger partial charge on any atom is -0.370 e. The molecule has 2 heterocycles. The summed E-state index contributed by atoms with van der Waals surface area (Å²) < 4.78 is 0. The van der Waals surface area contributed by atoms with Crippen LogP contribution in [-0.2, 0) is 12.8 Å². The zero-order valence-corrected chi connectivity index (χ0v) is 15.7. The minimum atomic E-state index is 0.951. The molecule has 0 saturated carbocycles. The van der Waals surface area contributed by atoms with Crippen molar-refractivity contribution in [3.05, 3.63) is 77.1 Å². The molecular weight excluding hydrogens is 318 g/mol. The first-order chi connectivity index (χ1) is 12.7. The second-order valence-corrected chi connectivity index (χ2v) is 7.09. The van der Waals surface area contributed by atoms with Gasteiger partial charge in [0.15, 0.2) is 0 Å². The van der Waals surface area contributed by atoms with E-state index >= 15 is 0 Å². The average Bonchev–Trinajstić information content (AvgIpc) is 3.19. The molecule has 1 aliphatic rings. The van der Waals surface area contributed by atoms with E-state index in [0.29, 0.717) is 0 Å². The summed E-state index contributed by atoms with van der Waals surface area (Å²) >= 11 is 0. The van der Waals surface area contributed by atoms with Gasteiger partial charge in [-0.1, -0.05) is 42.8 Å². The van der Waals surface area contributed by atoms with Gasteiger partial charge in [0, 0.05) is 42.8 Å². The van der Waals surface area contributed by atoms with Gasteiger partial charge >= 0.3 is 0 Å². The van der Waals surface area contributed by atoms with Gasteiger partial charge in [-0.25, -0.2) is 4.98 Å². The smallest absolute Gasteiger partial charge is 0.137 e. The van der Waals surface area contributed by atoms with Crippen LogP contribution in [0.5, 0.6) is 0 Å². The Hall–Kier alpha value is -2.81. The van der Waals surface area contributed by atoms with Gasteiger partial charge in [-0.2, -0.15) is 0 Å². The first-order valence-electron chi connectivity index (χ1n) is 9.28. The number of imidazole rings is 1. The fourth-order valence-electron chi connectivity index (χ4n) is 3.68. The summed E-state index contributed by atoms with van der Waals surface area (Å²) in [6.45, 7) is 5.30. The molecule has 0 bridgehead atoms. The molecule has 0 aliphatic carbocycles. The zero-order chi connectivity index (χ0) is 18.1. The van der Waals surface area contributed by atoms with E-state index in [2.05, 4.69) is 78.2 Å². The number of H-pyrrole nitrogens is 1. The Kier molecular flexibility index (Phi) is 4.37. The predicted octanol–water partition coefficient (Wildman–Crippen LogP) is 5.02. The summed E-state index contributed by atoms with van der Waals surface area (Å²) in [6.07, 6.45) is 8.03. The molecule has 1 N–H and O–H groups in total. The maximum Gasteiger partial charge on any atom is 0.137 e. The Balaban J connectivity index is 1.78. The maximum absolute atomic E-state index is 4.49. The standard InChI is InChI=1S/C23H25N3/c1-4-18-14-22-20(15-21(18)23-24-10-11-25-23)19(9-12-26(22)3)13-17-7-5-16(2)6-8-17/h5-11,14-15H,4,12-13H2,1-3H3,(H,24,25). The van der Waals surface area contributed by atoms with Crippen LogP contribution in [-0.4, -0.2) is 23.6 Å². The number of hydrogen-bond donors (Lipinski definition) is 1. The Morgan fingerprint density at radius 2 is 1.92 bits per heavy atom. The average molecular weight is 343 g/mol. The monoisotopic (exact) mass is 343 g/mol. The van der Waals surface area contributed by atoms with E-state index in [4.69, 9.17) is 0 Å². The maximum atomic E-state index is 4.49. The molecule has 26 heavy (non-hydrogen) atoms. The molecule has 0 unspecified atom stereocenters. The molecular formula is C23H25N3. The third-order valence-electron chi connectivity index (χ3n) is 5.24. The molecule has 0 saturated heterocycles. The highest BCUT2D eigenvalue weighted by atomic mass is 15.1. The van der Waals surface area contributed by atoms with Crippen molar-refractivity contribution < 1.29 is 0 Å². The van der Waals surface area contributed by atoms with Crippen LogP contribution in [0.1, 0.15) is 29.2 Å². The molecule has 1 aromatic heterocycles. The minimum absolute atomic E-state index is 0.951. The number of nitrogens with zero attached hydrogens (tertiary/aromatic N) is 2. The van der Waals surface area contributed by atoms with Crippen LogP contribution in [0.25, 0.3) is 17.0 Å². The number of aromatic amines is 1. The van der Waals surface area contributed by atoms with Crippen LogP contribution in [0.15, 0.2) is 54.9 Å². The summed E-state index contributed by atoms with van der Waals surface area (Å²) in [6, 6.07) is 13.5. The number of benzene rings is 2. The van der Waals surface area contributed by atoms with Crippen LogP contribution < -0.4 is 4.90 Å². The van der Waals surface area contributed by atoms with Gasteiger partial charge in [-0.3, -0.25) is 0 Å². The van der Waals surface area contributed by atoms with Gasteiger partial charge in [0.2, 0.25) is 0 Å². The second-order valence-electron chi connectivity index (χ2n) is 7.09. The van der Waals surface area contributed by atoms with E-state index in [0.717, 1.165) is 25.2 Å². The van der Waals surface area contributed by atoms with Crippen molar-refractivity contribution in [1.82, 2.24) is 9.97 Å². The van der Waals surface area contributed by atoms with E-state index in [1.165, 1.54) is 39.1 Å². The fourth-order valence-corrected chi connectivity index (χ4v) is 3.68. The van der Waals surface area contributed by atoms with Crippen molar-refractivity contribution in [2.45, 2.75) is 26.7 Å². The topological polar surface area (TPSA) is 31.9 Å². The number of aromatic nitrogens is 2. The van der Waals surface area contributed by atoms with Crippen molar-refractivity contribution in [2.75, 3.05) is 18.5 Å². The molecule has 0 amide bonds. The summed E-state index contributed by atoms with van der Waals surface area (Å²) in [7, 11) is 2.17. The van der Waals surface area contributed by atoms with Gasteiger partial charge in [-0.05, 0) is 48.6 Å². The largest absolute Gasteiger partial charge is 0.370 e. The van der Waals surface area contributed by atoms with Crippen LogP contribution in [0.4, 0.5) is 5.69 Å². The Labute approximate surface area is 155 Å². The van der Waals surface area contributed by atoms with Crippen molar-refractivity contribution in [3.8, 4) is 11.4 Å². The SMILES string of the molecule is CCc1cc2c(cc1-c1ncc[nH]1)C(Cc1ccc(C)cc1)=CCN2C. The normalized spacial score (nSPS) is 13.5. The number of allylic oxidation sites excluding steroid dienone is 1. The molecule has 2 aromatic carbocycles. The molecule has 1 aliphatic heterocycles. The molecule has 0 spiro atoms. The summed E-state index contributed by atoms with van der Waals surface area (Å²) in [5.41, 5.74) is 9.25. The number of anilines is 1. The van der Waals surface area contributed by atoms with Crippen LogP contribution in [0.2, 0.25) is 0 Å². The fraction of sp³-hybridized carbons (Fsp3) is 0.261. The number of likely N-dealkylation sites (N-methyl/N-ethyl adjacent to an activating group) is 1. The highest BCUT2D eigenvalue weighted by molar-refractivity contribution is 5.85. The highest BCUT2D eigenvalue weighted by Crippen LogP contribution is 2.37. The van der Waals surface area contributed by atoms with Crippen LogP contribution >= 0.6 is 0 Å². The Morgan fingerprint density at radius 1 is 1.12 bits per heavy atom. The molecule has 0 radical (unpaired) electrons. The van der Waals surface area contributed by atoms with Crippen LogP contribution in [0, 0.1) is 6.92 Å². The Bertz CT molecular complexity index is 934. The number of nitrogens with one attached hydrogen (secondary N) is 1. The van der Waals surface area contributed by atoms with Crippen LogP contribution in [0.3, 0.4) is 0 Å². The summed E-state index contributed by atoms with van der Waals surface area (Å²) in [5, 5.41) is 0. The lowest BCUT2D eigenvalue weighted by Gasteiger charge is -2.29. The second kappa shape index (κ2) is 6.83. The van der Waals surface area contributed by atoms with Gasteiger partial charge < -0.3 is 9.88 Å². The van der Waals surface area contributed by atoms with E-state index in [1.807, 2.05) is 12.4 Å². The van der Waals surface area contributed by atoms with Gasteiger partial charge in [0.1, 0.15) is 5.82 Å². The van der Waals surface area contributed by atoms with Crippen molar-refractivity contribution in [1.29, 1.82) is 0 Å². The van der Waals surface area contributed by atoms with E-state index in [1.54, 1.807) is 0 Å². The van der Waals surface area contributed by atoms with E-state index < -0.39 is 0 Å². The Morgan fingerprint density at radius 3 is 2.62 bits per heavy atom. The van der Waals surface area contributed by atoms with E-state index in [-0.39, 0.29) is 0 Å². The molecule has 0 atom stereocenters. The van der Waals surface area contributed by atoms with Crippen molar-refractivity contribution in [2.24, 2.45) is 0 Å². The lowest BCUT2D eigenvalue weighted by molar-refractivity contribution is 0.994. The van der Waals surface area contributed by atoms with Gasteiger partial charge in [0.25, 0.3) is 0 Å². The molecule has 132 valence electrons. The van der Waals surface area contributed by atoms with Gasteiger partial charge in [0.05, 0.1) is 0 Å². The lowest BCUT2D eigenvalue weighted by Crippen LogP contribution is -2.23. The third-order valence-corrected chi connectivity index (χ3v) is 5.24. The number of hydrogen-bond acceptors (Lipinski definition) is 2. The first-order valence-corrected chi connectivity index (χ1v) is 9.28. The predicted molar refractivity (Wildman–Crippen MR) is 110 cm³/mol. The van der Waals surface area contributed by atoms with E-state index in [9.17, 15) is 0 Å². The molecule has 4 rings (SSSR count). The number of aryl methyl sites for hydroxylation is 2. The molecule has 3 nitrogen and oxygen atoms in total. The quantitative estimate of drug-likeness (QED) is 0.721. The molecule has 3 aromatic rings. The summed E-state index contributed by atoms with van der Waals surface area (Å²) in [4.78, 5) is 10.1. The van der Waals surface area contributed by atoms with Crippen molar-refractivity contribution >= 4 is 11.3 Å². The van der Waals surface area contributed by atoms with Gasteiger partial charge in [-0.15, -0.1) is 0 Å². The van der Waals surface area contributed by atoms with Crippen molar-refractivity contribution in [3.63, 3.8) is 0 Å². The molecule has 3 heteroatoms. The number of rotatable bonds is 4. The highest BCUT2D eigenvalue weighted by Gasteiger charge is 2.20. The summed E-state index contributed by atoms with van der Waals surface area (Å²) in [5.74, 6) is 0.951. The zero-order valence-electron chi connectivity index (χ0n) is 15.7.